The molecule has 0 aliphatic carbocycles. The molecule has 1 aromatic carbocycles. The lowest BCUT2D eigenvalue weighted by Crippen LogP contribution is -2.36. The molecule has 0 saturated heterocycles. The molecule has 1 N–H and O–H groups in total. The Morgan fingerprint density at radius 1 is 1.10 bits per heavy atom. The zero-order valence-corrected chi connectivity index (χ0v) is 14.2. The van der Waals surface area contributed by atoms with E-state index in [0.29, 0.717) is 6.04 Å². The fourth-order valence-electron chi connectivity index (χ4n) is 2.77. The first-order chi connectivity index (χ1) is 10.3. The number of hydrogen-bond acceptors (Lipinski definition) is 3. The summed E-state index contributed by atoms with van der Waals surface area (Å²) >= 11 is 0. The summed E-state index contributed by atoms with van der Waals surface area (Å²) in [6.45, 7) is 11.5. The molecule has 0 radical (unpaired) electrons. The van der Waals surface area contributed by atoms with Crippen LogP contribution in [0.1, 0.15) is 44.7 Å². The molecule has 0 amide bonds. The molecule has 0 heterocycles. The van der Waals surface area contributed by atoms with Gasteiger partial charge in [0.1, 0.15) is 0 Å². The van der Waals surface area contributed by atoms with E-state index >= 15 is 0 Å². The lowest BCUT2D eigenvalue weighted by atomic mass is 10.0. The fraction of sp³-hybridized carbons (Fsp3) is 0.667. The maximum absolute atomic E-state index is 5.29. The highest BCUT2D eigenvalue weighted by atomic mass is 16.5. The van der Waals surface area contributed by atoms with E-state index in [9.17, 15) is 0 Å². The number of methoxy groups -OCH3 is 1. The van der Waals surface area contributed by atoms with Crippen LogP contribution in [0.3, 0.4) is 0 Å². The van der Waals surface area contributed by atoms with Crippen LogP contribution in [0.15, 0.2) is 24.3 Å². The quantitative estimate of drug-likeness (QED) is 0.676. The van der Waals surface area contributed by atoms with Crippen molar-refractivity contribution < 1.29 is 4.74 Å². The second-order valence-electron chi connectivity index (χ2n) is 5.48. The number of ether oxygens (including phenoxy) is 1. The Morgan fingerprint density at radius 2 is 1.76 bits per heavy atom. The molecule has 0 spiro atoms. The van der Waals surface area contributed by atoms with Crippen LogP contribution < -0.4 is 5.32 Å². The molecule has 1 rings (SSSR count). The van der Waals surface area contributed by atoms with Crippen LogP contribution in [-0.4, -0.2) is 37.7 Å². The Kier molecular flexibility index (Phi) is 9.31. The molecule has 120 valence electrons. The van der Waals surface area contributed by atoms with Crippen LogP contribution in [0.25, 0.3) is 0 Å². The second-order valence-corrected chi connectivity index (χ2v) is 5.48. The average molecular weight is 292 g/mol. The van der Waals surface area contributed by atoms with Gasteiger partial charge in [0.2, 0.25) is 0 Å². The van der Waals surface area contributed by atoms with Gasteiger partial charge in [-0.05, 0) is 30.5 Å². The number of hydrogen-bond donors (Lipinski definition) is 1. The summed E-state index contributed by atoms with van der Waals surface area (Å²) in [6, 6.07) is 9.40. The summed E-state index contributed by atoms with van der Waals surface area (Å²) in [7, 11) is 1.78. The molecule has 0 aliphatic heterocycles. The topological polar surface area (TPSA) is 24.5 Å². The van der Waals surface area contributed by atoms with Crippen molar-refractivity contribution >= 4 is 0 Å². The minimum absolute atomic E-state index is 0.632. The van der Waals surface area contributed by atoms with Crippen LogP contribution >= 0.6 is 0 Å². The number of nitrogens with one attached hydrogen (secondary N) is 1. The molecule has 0 unspecified atom stereocenters. The van der Waals surface area contributed by atoms with E-state index in [4.69, 9.17) is 4.74 Å². The summed E-state index contributed by atoms with van der Waals surface area (Å²) in [5.74, 6) is 0. The van der Waals surface area contributed by atoms with Gasteiger partial charge in [0.25, 0.3) is 0 Å². The third-order valence-electron chi connectivity index (χ3n) is 4.10. The zero-order chi connectivity index (χ0) is 15.5. The third kappa shape index (κ3) is 6.16. The van der Waals surface area contributed by atoms with Gasteiger partial charge in [-0.3, -0.25) is 4.90 Å². The Balaban J connectivity index is 2.81. The molecule has 0 aromatic heterocycles. The van der Waals surface area contributed by atoms with Crippen molar-refractivity contribution in [3.63, 3.8) is 0 Å². The summed E-state index contributed by atoms with van der Waals surface area (Å²) in [4.78, 5) is 2.56. The fourth-order valence-corrected chi connectivity index (χ4v) is 2.77. The monoisotopic (exact) mass is 292 g/mol. The van der Waals surface area contributed by atoms with Crippen molar-refractivity contribution in [2.75, 3.05) is 26.8 Å². The normalized spacial score (nSPS) is 11.5. The van der Waals surface area contributed by atoms with Crippen molar-refractivity contribution in [2.45, 2.75) is 52.7 Å². The van der Waals surface area contributed by atoms with Gasteiger partial charge in [-0.2, -0.15) is 0 Å². The highest BCUT2D eigenvalue weighted by Crippen LogP contribution is 2.16. The van der Waals surface area contributed by atoms with Crippen LogP contribution in [0.5, 0.6) is 0 Å². The van der Waals surface area contributed by atoms with E-state index < -0.39 is 0 Å². The summed E-state index contributed by atoms with van der Waals surface area (Å²) in [5.41, 5.74) is 2.84. The summed E-state index contributed by atoms with van der Waals surface area (Å²) < 4.78 is 5.29. The predicted octanol–water partition coefficient (Wildman–Crippen LogP) is 3.43. The molecule has 0 saturated carbocycles. The van der Waals surface area contributed by atoms with Crippen LogP contribution in [0.2, 0.25) is 0 Å². The van der Waals surface area contributed by atoms with E-state index in [1.165, 1.54) is 24.0 Å². The van der Waals surface area contributed by atoms with Crippen molar-refractivity contribution in [3.05, 3.63) is 35.4 Å². The van der Waals surface area contributed by atoms with Crippen molar-refractivity contribution in [1.29, 1.82) is 0 Å². The highest BCUT2D eigenvalue weighted by Gasteiger charge is 2.16. The Morgan fingerprint density at radius 3 is 2.33 bits per heavy atom. The first kappa shape index (κ1) is 18.1. The van der Waals surface area contributed by atoms with Gasteiger partial charge in [-0.15, -0.1) is 0 Å². The van der Waals surface area contributed by atoms with Gasteiger partial charge in [0, 0.05) is 32.8 Å². The van der Waals surface area contributed by atoms with E-state index in [0.717, 1.165) is 32.8 Å². The molecule has 1 aromatic rings. The van der Waals surface area contributed by atoms with Gasteiger partial charge in [0.05, 0.1) is 6.61 Å². The number of nitrogens with zero attached hydrogens (tertiary/aromatic N) is 1. The van der Waals surface area contributed by atoms with E-state index in [1.807, 2.05) is 0 Å². The SMILES string of the molecule is CCNCc1ccccc1CN(CCOC)C(CC)CC. The smallest absolute Gasteiger partial charge is 0.0589 e. The highest BCUT2D eigenvalue weighted by molar-refractivity contribution is 5.27. The van der Waals surface area contributed by atoms with Crippen molar-refractivity contribution in [1.82, 2.24) is 10.2 Å². The molecule has 0 bridgehead atoms. The predicted molar refractivity (Wildman–Crippen MR) is 90.5 cm³/mol. The molecule has 0 fully saturated rings. The minimum atomic E-state index is 0.632. The largest absolute Gasteiger partial charge is 0.383 e. The van der Waals surface area contributed by atoms with Crippen LogP contribution in [0.4, 0.5) is 0 Å². The summed E-state index contributed by atoms with van der Waals surface area (Å²) in [5, 5.41) is 3.44. The zero-order valence-electron chi connectivity index (χ0n) is 14.2. The standard InChI is InChI=1S/C18H32N2O/c1-5-18(6-2)20(12-13-21-4)15-17-11-9-8-10-16(17)14-19-7-3/h8-11,18-19H,5-7,12-15H2,1-4H3. The lowest BCUT2D eigenvalue weighted by Gasteiger charge is -2.31. The maximum Gasteiger partial charge on any atom is 0.0589 e. The molecule has 0 atom stereocenters. The molecule has 3 nitrogen and oxygen atoms in total. The summed E-state index contributed by atoms with van der Waals surface area (Å²) in [6.07, 6.45) is 2.38. The molecule has 0 aliphatic rings. The van der Waals surface area contributed by atoms with Crippen molar-refractivity contribution in [3.8, 4) is 0 Å². The van der Waals surface area contributed by atoms with E-state index in [1.54, 1.807) is 7.11 Å². The van der Waals surface area contributed by atoms with Gasteiger partial charge in [-0.25, -0.2) is 0 Å². The first-order valence-corrected chi connectivity index (χ1v) is 8.27. The van der Waals surface area contributed by atoms with Gasteiger partial charge in [-0.1, -0.05) is 45.0 Å². The van der Waals surface area contributed by atoms with E-state index in [-0.39, 0.29) is 0 Å². The number of benzene rings is 1. The maximum atomic E-state index is 5.29. The van der Waals surface area contributed by atoms with Gasteiger partial charge in [0.15, 0.2) is 0 Å². The van der Waals surface area contributed by atoms with E-state index in [2.05, 4.69) is 55.3 Å². The molecular weight excluding hydrogens is 260 g/mol. The van der Waals surface area contributed by atoms with Crippen LogP contribution in [-0.2, 0) is 17.8 Å². The molecule has 21 heavy (non-hydrogen) atoms. The third-order valence-corrected chi connectivity index (χ3v) is 4.10. The lowest BCUT2D eigenvalue weighted by molar-refractivity contribution is 0.110. The molecular formula is C18H32N2O. The first-order valence-electron chi connectivity index (χ1n) is 8.27. The van der Waals surface area contributed by atoms with Crippen molar-refractivity contribution in [2.24, 2.45) is 0 Å². The Hall–Kier alpha value is -0.900. The minimum Gasteiger partial charge on any atom is -0.383 e. The number of rotatable bonds is 11. The Bertz CT molecular complexity index is 377. The average Bonchev–Trinajstić information content (AvgIpc) is 2.52. The molecule has 3 heteroatoms. The van der Waals surface area contributed by atoms with Gasteiger partial charge >= 0.3 is 0 Å². The van der Waals surface area contributed by atoms with Crippen LogP contribution in [0, 0.1) is 0 Å². The van der Waals surface area contributed by atoms with Gasteiger partial charge < -0.3 is 10.1 Å². The second kappa shape index (κ2) is 10.8. The Labute approximate surface area is 130 Å².